The summed E-state index contributed by atoms with van der Waals surface area (Å²) in [5, 5.41) is 2.68. The molecule has 13 heavy (non-hydrogen) atoms. The number of carbonyl (C=O) groups is 1. The number of aromatic nitrogens is 1. The lowest BCUT2D eigenvalue weighted by atomic mass is 10.2. The molecule has 0 aliphatic carbocycles. The first-order chi connectivity index (χ1) is 6.15. The Hall–Kier alpha value is -1.58. The maximum absolute atomic E-state index is 11.4. The minimum absolute atomic E-state index is 0.153. The van der Waals surface area contributed by atoms with Crippen molar-refractivity contribution in [2.45, 2.75) is 13.8 Å². The van der Waals surface area contributed by atoms with E-state index in [2.05, 4.69) is 10.3 Å². The van der Waals surface area contributed by atoms with Crippen LogP contribution in [0.15, 0.2) is 12.3 Å². The fraction of sp³-hybridized carbons (Fsp3) is 0.333. The normalized spacial score (nSPS) is 9.69. The lowest BCUT2D eigenvalue weighted by molar-refractivity contribution is 0.0950. The van der Waals surface area contributed by atoms with Gasteiger partial charge in [0.2, 0.25) is 0 Å². The molecule has 0 aliphatic rings. The van der Waals surface area contributed by atoms with Crippen molar-refractivity contribution in [1.29, 1.82) is 0 Å². The minimum atomic E-state index is -0.153. The molecule has 0 atom stereocenters. The van der Waals surface area contributed by atoms with Crippen LogP contribution >= 0.6 is 0 Å². The average Bonchev–Trinajstić information content (AvgIpc) is 2.04. The molecule has 0 spiro atoms. The van der Waals surface area contributed by atoms with Gasteiger partial charge in [0.1, 0.15) is 5.69 Å². The van der Waals surface area contributed by atoms with Gasteiger partial charge in [0, 0.05) is 6.54 Å². The Morgan fingerprint density at radius 3 is 2.92 bits per heavy atom. The van der Waals surface area contributed by atoms with Crippen LogP contribution in [0.4, 0.5) is 5.69 Å². The zero-order valence-electron chi connectivity index (χ0n) is 7.79. The summed E-state index contributed by atoms with van der Waals surface area (Å²) in [6.07, 6.45) is 1.48. The van der Waals surface area contributed by atoms with E-state index in [-0.39, 0.29) is 5.91 Å². The summed E-state index contributed by atoms with van der Waals surface area (Å²) < 4.78 is 0. The van der Waals surface area contributed by atoms with Gasteiger partial charge < -0.3 is 11.1 Å². The van der Waals surface area contributed by atoms with Gasteiger partial charge in [-0.05, 0) is 25.5 Å². The van der Waals surface area contributed by atoms with Crippen molar-refractivity contribution in [3.05, 3.63) is 23.5 Å². The number of rotatable bonds is 2. The second-order valence-electron chi connectivity index (χ2n) is 2.79. The molecule has 1 heterocycles. The number of amides is 1. The SMILES string of the molecule is CCNC(=O)c1ncc(N)cc1C. The Balaban J connectivity index is 2.95. The predicted molar refractivity (Wildman–Crippen MR) is 51.4 cm³/mol. The molecule has 0 fully saturated rings. The third-order valence-electron chi connectivity index (χ3n) is 1.65. The summed E-state index contributed by atoms with van der Waals surface area (Å²) >= 11 is 0. The Morgan fingerprint density at radius 2 is 2.38 bits per heavy atom. The van der Waals surface area contributed by atoms with E-state index in [1.807, 2.05) is 13.8 Å². The van der Waals surface area contributed by atoms with E-state index in [9.17, 15) is 4.79 Å². The van der Waals surface area contributed by atoms with Crippen LogP contribution in [0.1, 0.15) is 23.0 Å². The van der Waals surface area contributed by atoms with Gasteiger partial charge in [-0.2, -0.15) is 0 Å². The van der Waals surface area contributed by atoms with Gasteiger partial charge in [0.25, 0.3) is 5.91 Å². The Labute approximate surface area is 77.2 Å². The monoisotopic (exact) mass is 179 g/mol. The number of hydrogen-bond acceptors (Lipinski definition) is 3. The molecule has 0 aliphatic heterocycles. The number of nitrogens with zero attached hydrogens (tertiary/aromatic N) is 1. The molecule has 4 heteroatoms. The fourth-order valence-corrected chi connectivity index (χ4v) is 1.08. The second kappa shape index (κ2) is 3.89. The first kappa shape index (κ1) is 9.51. The molecule has 0 saturated carbocycles. The summed E-state index contributed by atoms with van der Waals surface area (Å²) in [6, 6.07) is 1.73. The van der Waals surface area contributed by atoms with Crippen LogP contribution in [-0.4, -0.2) is 17.4 Å². The molecule has 3 N–H and O–H groups in total. The molecule has 0 radical (unpaired) electrons. The average molecular weight is 179 g/mol. The van der Waals surface area contributed by atoms with Crippen molar-refractivity contribution in [2.24, 2.45) is 0 Å². The first-order valence-electron chi connectivity index (χ1n) is 4.15. The van der Waals surface area contributed by atoms with E-state index in [0.717, 1.165) is 5.56 Å². The molecule has 4 nitrogen and oxygen atoms in total. The van der Waals surface area contributed by atoms with Gasteiger partial charge in [-0.3, -0.25) is 4.79 Å². The molecule has 1 aromatic rings. The standard InChI is InChI=1S/C9H13N3O/c1-3-11-9(13)8-6(2)4-7(10)5-12-8/h4-5H,3,10H2,1-2H3,(H,11,13). The third kappa shape index (κ3) is 2.18. The quantitative estimate of drug-likeness (QED) is 0.703. The smallest absolute Gasteiger partial charge is 0.270 e. The molecule has 1 aromatic heterocycles. The van der Waals surface area contributed by atoms with Gasteiger partial charge >= 0.3 is 0 Å². The van der Waals surface area contributed by atoms with Crippen molar-refractivity contribution >= 4 is 11.6 Å². The van der Waals surface area contributed by atoms with Gasteiger partial charge in [-0.15, -0.1) is 0 Å². The maximum atomic E-state index is 11.4. The number of anilines is 1. The molecular formula is C9H13N3O. The molecular weight excluding hydrogens is 166 g/mol. The number of nitrogens with one attached hydrogen (secondary N) is 1. The van der Waals surface area contributed by atoms with E-state index in [0.29, 0.717) is 17.9 Å². The van der Waals surface area contributed by atoms with Gasteiger partial charge in [-0.25, -0.2) is 4.98 Å². The number of nitrogens with two attached hydrogens (primary N) is 1. The van der Waals surface area contributed by atoms with E-state index < -0.39 is 0 Å². The van der Waals surface area contributed by atoms with Crippen LogP contribution in [-0.2, 0) is 0 Å². The third-order valence-corrected chi connectivity index (χ3v) is 1.65. The highest BCUT2D eigenvalue weighted by Crippen LogP contribution is 2.08. The lowest BCUT2D eigenvalue weighted by Gasteiger charge is -2.04. The van der Waals surface area contributed by atoms with Gasteiger partial charge in [-0.1, -0.05) is 0 Å². The molecule has 1 amide bonds. The molecule has 0 aromatic carbocycles. The number of nitrogen functional groups attached to an aromatic ring is 1. The first-order valence-corrected chi connectivity index (χ1v) is 4.15. The van der Waals surface area contributed by atoms with E-state index in [4.69, 9.17) is 5.73 Å². The Kier molecular flexibility index (Phi) is 2.84. The molecule has 0 saturated heterocycles. The number of hydrogen-bond donors (Lipinski definition) is 2. The van der Waals surface area contributed by atoms with Crippen LogP contribution in [0.5, 0.6) is 0 Å². The van der Waals surface area contributed by atoms with Gasteiger partial charge in [0.15, 0.2) is 0 Å². The molecule has 70 valence electrons. The van der Waals surface area contributed by atoms with Crippen molar-refractivity contribution in [1.82, 2.24) is 10.3 Å². The fourth-order valence-electron chi connectivity index (χ4n) is 1.08. The highest BCUT2D eigenvalue weighted by Gasteiger charge is 2.08. The summed E-state index contributed by atoms with van der Waals surface area (Å²) in [7, 11) is 0. The highest BCUT2D eigenvalue weighted by atomic mass is 16.1. The van der Waals surface area contributed by atoms with Crippen LogP contribution in [0.25, 0.3) is 0 Å². The van der Waals surface area contributed by atoms with Crippen molar-refractivity contribution in [3.63, 3.8) is 0 Å². The van der Waals surface area contributed by atoms with Crippen molar-refractivity contribution in [2.75, 3.05) is 12.3 Å². The number of aryl methyl sites for hydroxylation is 1. The van der Waals surface area contributed by atoms with Crippen molar-refractivity contribution in [3.8, 4) is 0 Å². The molecule has 0 unspecified atom stereocenters. The largest absolute Gasteiger partial charge is 0.397 e. The Bertz CT molecular complexity index is 323. The Morgan fingerprint density at radius 1 is 1.69 bits per heavy atom. The lowest BCUT2D eigenvalue weighted by Crippen LogP contribution is -2.24. The summed E-state index contributed by atoms with van der Waals surface area (Å²) in [4.78, 5) is 15.3. The highest BCUT2D eigenvalue weighted by molar-refractivity contribution is 5.93. The minimum Gasteiger partial charge on any atom is -0.397 e. The number of carbonyl (C=O) groups excluding carboxylic acids is 1. The molecule has 1 rings (SSSR count). The maximum Gasteiger partial charge on any atom is 0.270 e. The van der Waals surface area contributed by atoms with Crippen LogP contribution in [0.2, 0.25) is 0 Å². The van der Waals surface area contributed by atoms with Gasteiger partial charge in [0.05, 0.1) is 11.9 Å². The number of pyridine rings is 1. The second-order valence-corrected chi connectivity index (χ2v) is 2.79. The van der Waals surface area contributed by atoms with E-state index in [1.165, 1.54) is 6.20 Å². The van der Waals surface area contributed by atoms with Crippen LogP contribution in [0.3, 0.4) is 0 Å². The summed E-state index contributed by atoms with van der Waals surface area (Å²) in [5.74, 6) is -0.153. The van der Waals surface area contributed by atoms with Crippen molar-refractivity contribution < 1.29 is 4.79 Å². The molecule has 0 bridgehead atoms. The zero-order valence-corrected chi connectivity index (χ0v) is 7.79. The van der Waals surface area contributed by atoms with E-state index >= 15 is 0 Å². The summed E-state index contributed by atoms with van der Waals surface area (Å²) in [6.45, 7) is 4.28. The zero-order chi connectivity index (χ0) is 9.84. The van der Waals surface area contributed by atoms with E-state index in [1.54, 1.807) is 6.07 Å². The van der Waals surface area contributed by atoms with Crippen LogP contribution in [0, 0.1) is 6.92 Å². The predicted octanol–water partition coefficient (Wildman–Crippen LogP) is 0.722. The summed E-state index contributed by atoms with van der Waals surface area (Å²) in [5.41, 5.74) is 7.32. The topological polar surface area (TPSA) is 68.0 Å². The van der Waals surface area contributed by atoms with Crippen LogP contribution < -0.4 is 11.1 Å².